The highest BCUT2D eigenvalue weighted by Crippen LogP contribution is 2.42. The first-order valence-electron chi connectivity index (χ1n) is 11.3. The van der Waals surface area contributed by atoms with Gasteiger partial charge in [0.2, 0.25) is 5.91 Å². The fraction of sp³-hybridized carbons (Fsp3) is 0.400. The number of nitrogens with zero attached hydrogens (tertiary/aromatic N) is 2. The van der Waals surface area contributed by atoms with Crippen molar-refractivity contribution in [2.24, 2.45) is 16.8 Å². The van der Waals surface area contributed by atoms with Gasteiger partial charge in [0.15, 0.2) is 0 Å². The minimum atomic E-state index is -0.928. The lowest BCUT2D eigenvalue weighted by atomic mass is 9.87. The Balaban J connectivity index is 1.78. The van der Waals surface area contributed by atoms with E-state index in [1.807, 2.05) is 24.3 Å². The van der Waals surface area contributed by atoms with E-state index in [1.54, 1.807) is 23.2 Å². The number of hydrazone groups is 1. The number of anilines is 1. The molecular weight excluding hydrogens is 459 g/mol. The summed E-state index contributed by atoms with van der Waals surface area (Å²) in [7, 11) is 0. The number of carbonyl (C=O) groups excluding carboxylic acids is 2. The number of nitrogens with two attached hydrogens (primary N) is 1. The molecule has 0 spiro atoms. The van der Waals surface area contributed by atoms with Gasteiger partial charge in [-0.05, 0) is 48.1 Å². The Bertz CT molecular complexity index is 1080. The van der Waals surface area contributed by atoms with E-state index in [0.29, 0.717) is 21.7 Å². The van der Waals surface area contributed by atoms with Crippen LogP contribution in [-0.2, 0) is 9.59 Å². The molecule has 6 nitrogen and oxygen atoms in total. The van der Waals surface area contributed by atoms with E-state index in [9.17, 15) is 9.59 Å². The lowest BCUT2D eigenvalue weighted by Crippen LogP contribution is -2.44. The summed E-state index contributed by atoms with van der Waals surface area (Å²) in [5, 5.41) is 10.1. The average molecular weight is 487 g/mol. The first-order chi connectivity index (χ1) is 15.8. The molecule has 1 heterocycles. The van der Waals surface area contributed by atoms with Crippen LogP contribution in [0.5, 0.6) is 0 Å². The van der Waals surface area contributed by atoms with Crippen LogP contribution in [-0.4, -0.2) is 23.6 Å². The fourth-order valence-electron chi connectivity index (χ4n) is 4.62. The van der Waals surface area contributed by atoms with Crippen molar-refractivity contribution in [1.82, 2.24) is 5.32 Å². The largest absolute Gasteiger partial charge is 0.369 e. The van der Waals surface area contributed by atoms with Crippen molar-refractivity contribution in [3.8, 4) is 0 Å². The minimum absolute atomic E-state index is 0.0886. The summed E-state index contributed by atoms with van der Waals surface area (Å²) in [5.41, 5.74) is 8.51. The number of hydrogen-bond acceptors (Lipinski definition) is 4. The molecule has 0 saturated heterocycles. The summed E-state index contributed by atoms with van der Waals surface area (Å²) >= 11 is 12.6. The standard InChI is InChI=1S/C25H28Cl2N4O2/c1-14(2)15-7-9-16(10-8-15)23-21(24(28)32)22(25(33)29-18-5-3-4-6-18)30-31(23)20-12-11-17(26)13-19(20)27/h7-14,18,21,23H,3-6H2,1-2H3,(H2,28,32)(H,29,33). The number of hydrogen-bond donors (Lipinski definition) is 2. The van der Waals surface area contributed by atoms with Crippen molar-refractivity contribution in [3.05, 3.63) is 63.6 Å². The zero-order chi connectivity index (χ0) is 23.7. The second-order valence-corrected chi connectivity index (χ2v) is 9.87. The average Bonchev–Trinajstić information content (AvgIpc) is 3.41. The molecule has 2 aromatic carbocycles. The number of carbonyl (C=O) groups is 2. The molecule has 3 N–H and O–H groups in total. The van der Waals surface area contributed by atoms with Crippen molar-refractivity contribution in [1.29, 1.82) is 0 Å². The lowest BCUT2D eigenvalue weighted by molar-refractivity contribution is -0.122. The first kappa shape index (κ1) is 23.6. The number of benzene rings is 2. The van der Waals surface area contributed by atoms with Crippen molar-refractivity contribution < 1.29 is 9.59 Å². The number of rotatable bonds is 6. The van der Waals surface area contributed by atoms with Crippen molar-refractivity contribution in [3.63, 3.8) is 0 Å². The van der Waals surface area contributed by atoms with E-state index >= 15 is 0 Å². The van der Waals surface area contributed by atoms with E-state index in [4.69, 9.17) is 28.9 Å². The molecule has 2 amide bonds. The lowest BCUT2D eigenvalue weighted by Gasteiger charge is -2.28. The normalized spacial score (nSPS) is 20.9. The van der Waals surface area contributed by atoms with Gasteiger partial charge in [0.1, 0.15) is 11.6 Å². The third-order valence-corrected chi connectivity index (χ3v) is 6.96. The monoisotopic (exact) mass is 486 g/mol. The molecule has 0 radical (unpaired) electrons. The summed E-state index contributed by atoms with van der Waals surface area (Å²) in [5.74, 6) is -1.54. The number of primary amides is 1. The Morgan fingerprint density at radius 1 is 1.09 bits per heavy atom. The maximum absolute atomic E-state index is 13.2. The molecule has 2 aromatic rings. The van der Waals surface area contributed by atoms with E-state index in [1.165, 1.54) is 5.56 Å². The Morgan fingerprint density at radius 2 is 1.76 bits per heavy atom. The van der Waals surface area contributed by atoms with Gasteiger partial charge in [-0.25, -0.2) is 0 Å². The van der Waals surface area contributed by atoms with E-state index in [2.05, 4.69) is 24.3 Å². The maximum Gasteiger partial charge on any atom is 0.268 e. The van der Waals surface area contributed by atoms with Crippen molar-refractivity contribution in [2.45, 2.75) is 57.5 Å². The summed E-state index contributed by atoms with van der Waals surface area (Å²) in [6.45, 7) is 4.23. The van der Waals surface area contributed by atoms with Gasteiger partial charge in [0, 0.05) is 11.1 Å². The van der Waals surface area contributed by atoms with Crippen molar-refractivity contribution in [2.75, 3.05) is 5.01 Å². The molecular formula is C25H28Cl2N4O2. The van der Waals surface area contributed by atoms with Gasteiger partial charge in [-0.3, -0.25) is 14.6 Å². The van der Waals surface area contributed by atoms with Gasteiger partial charge in [-0.1, -0.05) is 74.2 Å². The summed E-state index contributed by atoms with van der Waals surface area (Å²) in [4.78, 5) is 25.9. The van der Waals surface area contributed by atoms with E-state index in [0.717, 1.165) is 31.2 Å². The molecule has 0 aromatic heterocycles. The van der Waals surface area contributed by atoms with Gasteiger partial charge in [-0.2, -0.15) is 5.10 Å². The summed E-state index contributed by atoms with van der Waals surface area (Å²) < 4.78 is 0. The Morgan fingerprint density at radius 3 is 2.33 bits per heavy atom. The third kappa shape index (κ3) is 4.87. The Labute approximate surface area is 204 Å². The van der Waals surface area contributed by atoms with Crippen LogP contribution >= 0.6 is 23.2 Å². The Kier molecular flexibility index (Phi) is 6.96. The highest BCUT2D eigenvalue weighted by atomic mass is 35.5. The highest BCUT2D eigenvalue weighted by molar-refractivity contribution is 6.44. The molecule has 174 valence electrons. The van der Waals surface area contributed by atoms with Crippen LogP contribution in [0.4, 0.5) is 5.69 Å². The van der Waals surface area contributed by atoms with Crippen LogP contribution in [0.3, 0.4) is 0 Å². The molecule has 2 unspecified atom stereocenters. The van der Waals surface area contributed by atoms with Gasteiger partial charge in [-0.15, -0.1) is 0 Å². The Hall–Kier alpha value is -2.57. The van der Waals surface area contributed by atoms with Crippen molar-refractivity contribution >= 4 is 46.4 Å². The van der Waals surface area contributed by atoms with E-state index in [-0.39, 0.29) is 17.7 Å². The predicted octanol–water partition coefficient (Wildman–Crippen LogP) is 5.19. The van der Waals surface area contributed by atoms with Crippen LogP contribution in [0.25, 0.3) is 0 Å². The number of halogens is 2. The minimum Gasteiger partial charge on any atom is -0.369 e. The topological polar surface area (TPSA) is 87.8 Å². The molecule has 4 rings (SSSR count). The first-order valence-corrected chi connectivity index (χ1v) is 12.0. The molecule has 1 aliphatic heterocycles. The van der Waals surface area contributed by atoms with Crippen LogP contribution in [0.15, 0.2) is 47.6 Å². The molecule has 2 aliphatic rings. The zero-order valence-corrected chi connectivity index (χ0v) is 20.2. The second-order valence-electron chi connectivity index (χ2n) is 9.03. The fourth-order valence-corrected chi connectivity index (χ4v) is 5.12. The van der Waals surface area contributed by atoms with Gasteiger partial charge in [0.05, 0.1) is 16.8 Å². The SMILES string of the molecule is CC(C)c1ccc(C2C(C(N)=O)C(C(=O)NC3CCCC3)=NN2c2ccc(Cl)cc2Cl)cc1. The van der Waals surface area contributed by atoms with Crippen LogP contribution in [0, 0.1) is 5.92 Å². The van der Waals surface area contributed by atoms with Gasteiger partial charge >= 0.3 is 0 Å². The quantitative estimate of drug-likeness (QED) is 0.588. The molecule has 8 heteroatoms. The number of nitrogens with one attached hydrogen (secondary N) is 1. The van der Waals surface area contributed by atoms with Crippen LogP contribution in [0.2, 0.25) is 10.0 Å². The second kappa shape index (κ2) is 9.74. The smallest absolute Gasteiger partial charge is 0.268 e. The summed E-state index contributed by atoms with van der Waals surface area (Å²) in [6, 6.07) is 12.5. The highest BCUT2D eigenvalue weighted by Gasteiger charge is 2.46. The molecule has 2 atom stereocenters. The zero-order valence-electron chi connectivity index (χ0n) is 18.7. The van der Waals surface area contributed by atoms with Crippen LogP contribution in [0.1, 0.15) is 62.6 Å². The molecule has 1 fully saturated rings. The molecule has 1 aliphatic carbocycles. The molecule has 33 heavy (non-hydrogen) atoms. The number of amides is 2. The third-order valence-electron chi connectivity index (χ3n) is 6.42. The van der Waals surface area contributed by atoms with E-state index < -0.39 is 17.9 Å². The van der Waals surface area contributed by atoms with Crippen LogP contribution < -0.4 is 16.1 Å². The summed E-state index contributed by atoms with van der Waals surface area (Å²) in [6.07, 6.45) is 4.00. The van der Waals surface area contributed by atoms with Gasteiger partial charge in [0.25, 0.3) is 5.91 Å². The molecule has 1 saturated carbocycles. The van der Waals surface area contributed by atoms with Gasteiger partial charge < -0.3 is 11.1 Å². The molecule has 0 bridgehead atoms. The predicted molar refractivity (Wildman–Crippen MR) is 133 cm³/mol. The maximum atomic E-state index is 13.2.